The Balaban J connectivity index is 1.54. The number of carboxylic acid groups (broad SMARTS) is 3. The van der Waals surface area contributed by atoms with Crippen LogP contribution < -0.4 is 0 Å². The maximum atomic E-state index is 14.1. The average molecular weight is 835 g/mol. The van der Waals surface area contributed by atoms with Crippen LogP contribution in [0.3, 0.4) is 0 Å². The minimum absolute atomic E-state index is 0.00233. The van der Waals surface area contributed by atoms with Crippen molar-refractivity contribution < 1.29 is 72.9 Å². The number of hydrogen-bond donors (Lipinski definition) is 4. The van der Waals surface area contributed by atoms with Gasteiger partial charge in [0.25, 0.3) is 0 Å². The number of carbonyl (C=O) groups excluding carboxylic acids is 3. The zero-order valence-corrected chi connectivity index (χ0v) is 35.6. The number of rotatable bonds is 19. The van der Waals surface area contributed by atoms with Gasteiger partial charge in [-0.1, -0.05) is 64.8 Å². The number of fused-ring (bicyclic) bond motifs is 2. The van der Waals surface area contributed by atoms with Gasteiger partial charge in [-0.2, -0.15) is 0 Å². The van der Waals surface area contributed by atoms with Crippen molar-refractivity contribution in [1.82, 2.24) is 0 Å². The first-order valence-corrected chi connectivity index (χ1v) is 20.8. The summed E-state index contributed by atoms with van der Waals surface area (Å²) < 4.78 is 28.1. The number of hydrogen-bond acceptors (Lipinski definition) is 12. The predicted octanol–water partition coefficient (Wildman–Crippen LogP) is 5.46. The van der Waals surface area contributed by atoms with Crippen molar-refractivity contribution in [1.29, 1.82) is 0 Å². The van der Waals surface area contributed by atoms with E-state index in [1.165, 1.54) is 0 Å². The minimum atomic E-state index is -1.69. The van der Waals surface area contributed by atoms with Crippen molar-refractivity contribution in [3.63, 3.8) is 0 Å². The first-order valence-electron chi connectivity index (χ1n) is 20.8. The number of methoxy groups -OCH3 is 2. The van der Waals surface area contributed by atoms with Crippen LogP contribution in [0.5, 0.6) is 0 Å². The lowest BCUT2D eigenvalue weighted by molar-refractivity contribution is -0.181. The van der Waals surface area contributed by atoms with Gasteiger partial charge in [-0.25, -0.2) is 9.59 Å². The summed E-state index contributed by atoms with van der Waals surface area (Å²) in [6, 6.07) is 0. The van der Waals surface area contributed by atoms with Crippen LogP contribution in [-0.4, -0.2) is 109 Å². The quantitative estimate of drug-likeness (QED) is 0.0719. The largest absolute Gasteiger partial charge is 0.481 e. The van der Waals surface area contributed by atoms with Crippen LogP contribution in [0.25, 0.3) is 0 Å². The molecule has 4 saturated carbocycles. The summed E-state index contributed by atoms with van der Waals surface area (Å²) in [6.45, 7) is 16.8. The highest BCUT2D eigenvalue weighted by Gasteiger charge is 2.57. The van der Waals surface area contributed by atoms with Crippen LogP contribution in [0.15, 0.2) is 24.3 Å². The molecule has 4 fully saturated rings. The fraction of sp³-hybridized carbons (Fsp3) is 0.773. The fourth-order valence-corrected chi connectivity index (χ4v) is 11.8. The molecule has 15 heteroatoms. The molecule has 0 aliphatic heterocycles. The van der Waals surface area contributed by atoms with E-state index in [1.54, 1.807) is 0 Å². The van der Waals surface area contributed by atoms with Gasteiger partial charge in [-0.15, -0.1) is 0 Å². The number of aliphatic carboxylic acids is 3. The standard InChI is InChI=1S/C44H66O15/c1-25-11-13-31-41(3,23-45)15-9-17-43(31,5)29(25)22-58-36(40(54)56-8)28(20-34(48)49)38(52)59-24-42(4)16-10-18-44(6)30(26(2)12-14-32(42)44)21-57-35(39(53)55-7)27(37(50)51)19-33(46)47/h27-32,35-36,45H,1-2,9-24H2,3-8H3,(H,46,47)(H,48,49)(H,50,51)/t27-,28-,29-,30-,31-,32-,35+,36+,41-,42-,43-,44-/m0/s1. The predicted molar refractivity (Wildman–Crippen MR) is 212 cm³/mol. The van der Waals surface area contributed by atoms with Gasteiger partial charge in [0.1, 0.15) is 11.8 Å². The lowest BCUT2D eigenvalue weighted by atomic mass is 9.47. The number of carboxylic acids is 3. The molecule has 0 amide bonds. The summed E-state index contributed by atoms with van der Waals surface area (Å²) in [5.41, 5.74) is 0.0251. The second-order valence-electron chi connectivity index (χ2n) is 18.7. The van der Waals surface area contributed by atoms with Crippen molar-refractivity contribution in [2.75, 3.05) is 40.6 Å². The Kier molecular flexibility index (Phi) is 15.6. The molecule has 0 bridgehead atoms. The van der Waals surface area contributed by atoms with E-state index in [9.17, 15) is 49.2 Å². The Labute approximate surface area is 347 Å². The highest BCUT2D eigenvalue weighted by Crippen LogP contribution is 2.62. The van der Waals surface area contributed by atoms with E-state index in [-0.39, 0.29) is 60.9 Å². The Bertz CT molecular complexity index is 1620. The highest BCUT2D eigenvalue weighted by molar-refractivity contribution is 5.87. The van der Waals surface area contributed by atoms with Crippen molar-refractivity contribution in [3.8, 4) is 0 Å². The lowest BCUT2D eigenvalue weighted by Crippen LogP contribution is -2.54. The summed E-state index contributed by atoms with van der Waals surface area (Å²) in [4.78, 5) is 75.9. The van der Waals surface area contributed by atoms with E-state index in [1.807, 2.05) is 6.92 Å². The monoisotopic (exact) mass is 834 g/mol. The van der Waals surface area contributed by atoms with Crippen LogP contribution in [0, 0.1) is 57.2 Å². The SMILES string of the molecule is C=C1CC[C@H]2[C@](C)(COC(=O)[C@@H](CC(=O)O)[C@@H](OC[C@H]3C(=C)CC[C@H]4[C@](C)(CO)CCC[C@@]34C)C(=O)OC)CCC[C@@]2(C)[C@H]1CO[C@@H](C(=O)OC)[C@H](CC(=O)O)C(=O)O. The molecule has 4 N–H and O–H groups in total. The minimum Gasteiger partial charge on any atom is -0.481 e. The van der Waals surface area contributed by atoms with Gasteiger partial charge in [-0.3, -0.25) is 19.2 Å². The first-order chi connectivity index (χ1) is 27.6. The van der Waals surface area contributed by atoms with Gasteiger partial charge in [0, 0.05) is 23.9 Å². The molecule has 15 nitrogen and oxygen atoms in total. The first kappa shape index (κ1) is 47.9. The smallest absolute Gasteiger partial charge is 0.335 e. The van der Waals surface area contributed by atoms with Crippen LogP contribution in [0.4, 0.5) is 0 Å². The molecule has 0 aromatic heterocycles. The molecule has 4 aliphatic carbocycles. The number of carbonyl (C=O) groups is 6. The Hall–Kier alpha value is -3.82. The Morgan fingerprint density at radius 3 is 1.51 bits per heavy atom. The van der Waals surface area contributed by atoms with Crippen molar-refractivity contribution in [3.05, 3.63) is 24.3 Å². The second kappa shape index (κ2) is 19.3. The maximum absolute atomic E-state index is 14.1. The van der Waals surface area contributed by atoms with Gasteiger partial charge in [-0.05, 0) is 79.4 Å². The highest BCUT2D eigenvalue weighted by atomic mass is 16.6. The molecule has 0 heterocycles. The summed E-state index contributed by atoms with van der Waals surface area (Å²) in [7, 11) is 2.21. The normalized spacial score (nSPS) is 33.9. The van der Waals surface area contributed by atoms with E-state index in [0.717, 1.165) is 51.0 Å². The number of esters is 3. The van der Waals surface area contributed by atoms with Crippen molar-refractivity contribution >= 4 is 35.8 Å². The Morgan fingerprint density at radius 2 is 1.08 bits per heavy atom. The summed E-state index contributed by atoms with van der Waals surface area (Å²) in [6.07, 6.45) is 2.67. The molecule has 12 atom stereocenters. The van der Waals surface area contributed by atoms with Crippen LogP contribution in [-0.2, 0) is 52.5 Å². The third-order valence-corrected chi connectivity index (χ3v) is 15.1. The topological polar surface area (TPSA) is 229 Å². The third-order valence-electron chi connectivity index (χ3n) is 15.1. The van der Waals surface area contributed by atoms with E-state index in [4.69, 9.17) is 23.7 Å². The molecular weight excluding hydrogens is 768 g/mol. The molecular formula is C44H66O15. The zero-order valence-electron chi connectivity index (χ0n) is 35.6. The van der Waals surface area contributed by atoms with E-state index in [0.29, 0.717) is 38.5 Å². The van der Waals surface area contributed by atoms with Gasteiger partial charge in [0.05, 0.1) is 46.9 Å². The van der Waals surface area contributed by atoms with Gasteiger partial charge < -0.3 is 44.1 Å². The molecule has 332 valence electrons. The second-order valence-corrected chi connectivity index (χ2v) is 18.7. The lowest BCUT2D eigenvalue weighted by Gasteiger charge is -2.58. The average Bonchev–Trinajstić information content (AvgIpc) is 3.16. The van der Waals surface area contributed by atoms with E-state index >= 15 is 0 Å². The molecule has 0 radical (unpaired) electrons. The molecule has 0 aromatic rings. The summed E-state index contributed by atoms with van der Waals surface area (Å²) in [5, 5.41) is 39.5. The van der Waals surface area contributed by atoms with Crippen molar-refractivity contribution in [2.24, 2.45) is 57.2 Å². The Morgan fingerprint density at radius 1 is 0.661 bits per heavy atom. The molecule has 0 unspecified atom stereocenters. The van der Waals surface area contributed by atoms with E-state index < -0.39 is 83.5 Å². The van der Waals surface area contributed by atoms with Gasteiger partial charge >= 0.3 is 35.8 Å². The van der Waals surface area contributed by atoms with E-state index in [2.05, 4.69) is 33.9 Å². The zero-order chi connectivity index (χ0) is 44.1. The molecule has 0 spiro atoms. The molecule has 4 rings (SSSR count). The molecule has 4 aliphatic rings. The molecule has 0 saturated heterocycles. The number of ether oxygens (including phenoxy) is 5. The van der Waals surface area contributed by atoms with Crippen molar-refractivity contribution in [2.45, 2.75) is 117 Å². The molecule has 0 aromatic carbocycles. The van der Waals surface area contributed by atoms with Gasteiger partial charge in [0.2, 0.25) is 0 Å². The van der Waals surface area contributed by atoms with Crippen LogP contribution in [0.2, 0.25) is 0 Å². The number of aliphatic hydroxyl groups is 1. The summed E-state index contributed by atoms with van der Waals surface area (Å²) >= 11 is 0. The third kappa shape index (κ3) is 10.0. The fourth-order valence-electron chi connectivity index (χ4n) is 11.8. The summed E-state index contributed by atoms with van der Waals surface area (Å²) in [5.74, 6) is -10.8. The van der Waals surface area contributed by atoms with Crippen LogP contribution in [0.1, 0.15) is 105 Å². The maximum Gasteiger partial charge on any atom is 0.335 e. The van der Waals surface area contributed by atoms with Crippen LogP contribution >= 0.6 is 0 Å². The van der Waals surface area contributed by atoms with Gasteiger partial charge in [0.15, 0.2) is 12.2 Å². The number of aliphatic hydroxyl groups excluding tert-OH is 1. The molecule has 59 heavy (non-hydrogen) atoms.